The van der Waals surface area contributed by atoms with Crippen molar-refractivity contribution in [1.82, 2.24) is 4.90 Å². The maximum atomic E-state index is 12.6. The second-order valence-corrected chi connectivity index (χ2v) is 5.93. The summed E-state index contributed by atoms with van der Waals surface area (Å²) in [7, 11) is 0. The maximum Gasteiger partial charge on any atom is 0.230 e. The summed E-state index contributed by atoms with van der Waals surface area (Å²) in [6.07, 6.45) is 6.21. The molecule has 106 valence electrons. The average Bonchev–Trinajstić information content (AvgIpc) is 2.48. The number of benzene rings is 1. The lowest BCUT2D eigenvalue weighted by atomic mass is 9.67. The van der Waals surface area contributed by atoms with E-state index in [4.69, 9.17) is 5.73 Å². The minimum Gasteiger partial charge on any atom is -0.338 e. The Labute approximate surface area is 120 Å². The lowest BCUT2D eigenvalue weighted by molar-refractivity contribution is -0.146. The summed E-state index contributed by atoms with van der Waals surface area (Å²) in [4.78, 5) is 14.6. The van der Waals surface area contributed by atoms with Crippen molar-refractivity contribution in [3.63, 3.8) is 0 Å². The fourth-order valence-electron chi connectivity index (χ4n) is 3.21. The molecule has 0 aromatic heterocycles. The second-order valence-electron chi connectivity index (χ2n) is 5.93. The Morgan fingerprint density at radius 3 is 2.50 bits per heavy atom. The smallest absolute Gasteiger partial charge is 0.230 e. The van der Waals surface area contributed by atoms with Crippen LogP contribution in [0.15, 0.2) is 36.4 Å². The third-order valence-corrected chi connectivity index (χ3v) is 4.80. The van der Waals surface area contributed by atoms with Gasteiger partial charge in [0.25, 0.3) is 0 Å². The maximum absolute atomic E-state index is 12.6. The van der Waals surface area contributed by atoms with Gasteiger partial charge in [0.05, 0.1) is 5.41 Å². The summed E-state index contributed by atoms with van der Waals surface area (Å²) in [6.45, 7) is 2.05. The number of rotatable bonds is 3. The fourth-order valence-corrected chi connectivity index (χ4v) is 3.21. The Morgan fingerprint density at radius 2 is 2.00 bits per heavy atom. The summed E-state index contributed by atoms with van der Waals surface area (Å²) in [6, 6.07) is 10.4. The summed E-state index contributed by atoms with van der Waals surface area (Å²) in [5.74, 6) is 0.273. The number of hydrogen-bond donors (Lipinski definition) is 1. The van der Waals surface area contributed by atoms with Crippen molar-refractivity contribution in [3.05, 3.63) is 42.0 Å². The fraction of sp³-hybridized carbons (Fsp3) is 0.471. The molecule has 1 saturated carbocycles. The molecule has 3 nitrogen and oxygen atoms in total. The quantitative estimate of drug-likeness (QED) is 0.917. The van der Waals surface area contributed by atoms with Gasteiger partial charge >= 0.3 is 0 Å². The first kappa shape index (κ1) is 13.4. The molecule has 1 aromatic rings. The van der Waals surface area contributed by atoms with E-state index in [1.807, 2.05) is 11.0 Å². The number of nitrogens with two attached hydrogens (primary N) is 1. The van der Waals surface area contributed by atoms with E-state index in [0.29, 0.717) is 6.54 Å². The lowest BCUT2D eigenvalue weighted by Crippen LogP contribution is -2.52. The zero-order valence-electron chi connectivity index (χ0n) is 11.8. The third-order valence-electron chi connectivity index (χ3n) is 4.80. The van der Waals surface area contributed by atoms with Gasteiger partial charge in [-0.25, -0.2) is 0 Å². The van der Waals surface area contributed by atoms with E-state index in [0.717, 1.165) is 38.8 Å². The molecule has 1 aliphatic carbocycles. The molecule has 2 N–H and O–H groups in total. The zero-order valence-corrected chi connectivity index (χ0v) is 11.8. The highest BCUT2D eigenvalue weighted by atomic mass is 16.2. The molecule has 2 aliphatic rings. The molecule has 0 atom stereocenters. The van der Waals surface area contributed by atoms with Gasteiger partial charge in [0.2, 0.25) is 5.91 Å². The predicted octanol–water partition coefficient (Wildman–Crippen LogP) is 2.43. The Bertz CT molecular complexity index is 512. The summed E-state index contributed by atoms with van der Waals surface area (Å²) in [5, 5.41) is 0. The van der Waals surface area contributed by atoms with Gasteiger partial charge in [0, 0.05) is 19.6 Å². The molecule has 1 aromatic carbocycles. The Hall–Kier alpha value is -1.61. The standard InChI is InChI=1S/C17H22N2O/c18-13-17(9-4-10-17)16(20)19-11-7-15(8-12-19)14-5-2-1-3-6-14/h1-3,5-7H,4,8-13,18H2. The van der Waals surface area contributed by atoms with E-state index < -0.39 is 0 Å². The van der Waals surface area contributed by atoms with E-state index >= 15 is 0 Å². The van der Waals surface area contributed by atoms with Crippen LogP contribution < -0.4 is 5.73 Å². The largest absolute Gasteiger partial charge is 0.338 e. The van der Waals surface area contributed by atoms with E-state index in [1.54, 1.807) is 0 Å². The number of hydrogen-bond acceptors (Lipinski definition) is 2. The van der Waals surface area contributed by atoms with Crippen LogP contribution in [0.1, 0.15) is 31.2 Å². The second kappa shape index (κ2) is 5.41. The zero-order chi connectivity index (χ0) is 14.0. The van der Waals surface area contributed by atoms with Crippen molar-refractivity contribution in [1.29, 1.82) is 0 Å². The molecular formula is C17H22N2O. The SMILES string of the molecule is NCC1(C(=O)N2CC=C(c3ccccc3)CC2)CCC1. The van der Waals surface area contributed by atoms with Gasteiger partial charge in [-0.2, -0.15) is 0 Å². The van der Waals surface area contributed by atoms with Gasteiger partial charge in [0.1, 0.15) is 0 Å². The van der Waals surface area contributed by atoms with Crippen molar-refractivity contribution in [3.8, 4) is 0 Å². The average molecular weight is 270 g/mol. The highest BCUT2D eigenvalue weighted by molar-refractivity contribution is 5.85. The molecule has 0 bridgehead atoms. The minimum absolute atomic E-state index is 0.238. The van der Waals surface area contributed by atoms with Crippen molar-refractivity contribution in [2.75, 3.05) is 19.6 Å². The van der Waals surface area contributed by atoms with Gasteiger partial charge in [-0.1, -0.05) is 42.8 Å². The monoisotopic (exact) mass is 270 g/mol. The highest BCUT2D eigenvalue weighted by Gasteiger charge is 2.45. The molecule has 0 spiro atoms. The van der Waals surface area contributed by atoms with Crippen LogP contribution in [0.25, 0.3) is 5.57 Å². The van der Waals surface area contributed by atoms with Gasteiger partial charge < -0.3 is 10.6 Å². The molecule has 3 heteroatoms. The molecule has 20 heavy (non-hydrogen) atoms. The number of carbonyl (C=O) groups is 1. The first-order valence-electron chi connectivity index (χ1n) is 7.49. The third kappa shape index (κ3) is 2.27. The topological polar surface area (TPSA) is 46.3 Å². The molecule has 0 radical (unpaired) electrons. The van der Waals surface area contributed by atoms with Crippen LogP contribution in [0.4, 0.5) is 0 Å². The predicted molar refractivity (Wildman–Crippen MR) is 81.0 cm³/mol. The minimum atomic E-state index is -0.238. The molecular weight excluding hydrogens is 248 g/mol. The van der Waals surface area contributed by atoms with Crippen LogP contribution in [0.5, 0.6) is 0 Å². The van der Waals surface area contributed by atoms with Crippen LogP contribution in [0.3, 0.4) is 0 Å². The Kier molecular flexibility index (Phi) is 3.62. The van der Waals surface area contributed by atoms with E-state index in [1.165, 1.54) is 11.1 Å². The summed E-state index contributed by atoms with van der Waals surface area (Å²) < 4.78 is 0. The first-order valence-corrected chi connectivity index (χ1v) is 7.49. The molecule has 0 unspecified atom stereocenters. The van der Waals surface area contributed by atoms with E-state index in [2.05, 4.69) is 30.3 Å². The Morgan fingerprint density at radius 1 is 1.25 bits per heavy atom. The van der Waals surface area contributed by atoms with E-state index in [-0.39, 0.29) is 11.3 Å². The van der Waals surface area contributed by atoms with Gasteiger partial charge in [0.15, 0.2) is 0 Å². The van der Waals surface area contributed by atoms with Crippen molar-refractivity contribution >= 4 is 11.5 Å². The first-order chi connectivity index (χ1) is 9.75. The molecule has 0 saturated heterocycles. The lowest BCUT2D eigenvalue weighted by Gasteiger charge is -2.43. The molecule has 1 heterocycles. The van der Waals surface area contributed by atoms with Crippen molar-refractivity contribution < 1.29 is 4.79 Å². The van der Waals surface area contributed by atoms with Crippen LogP contribution in [-0.2, 0) is 4.79 Å². The van der Waals surface area contributed by atoms with Crippen LogP contribution in [0, 0.1) is 5.41 Å². The van der Waals surface area contributed by atoms with Crippen LogP contribution in [0.2, 0.25) is 0 Å². The van der Waals surface area contributed by atoms with Crippen LogP contribution >= 0.6 is 0 Å². The molecule has 1 aliphatic heterocycles. The summed E-state index contributed by atoms with van der Waals surface area (Å²) in [5.41, 5.74) is 8.22. The molecule has 1 fully saturated rings. The van der Waals surface area contributed by atoms with Gasteiger partial charge in [-0.05, 0) is 30.4 Å². The number of nitrogens with zero attached hydrogens (tertiary/aromatic N) is 1. The van der Waals surface area contributed by atoms with Crippen LogP contribution in [-0.4, -0.2) is 30.4 Å². The highest BCUT2D eigenvalue weighted by Crippen LogP contribution is 2.42. The summed E-state index contributed by atoms with van der Waals surface area (Å²) >= 11 is 0. The number of carbonyl (C=O) groups excluding carboxylic acids is 1. The normalized spacial score (nSPS) is 21.1. The van der Waals surface area contributed by atoms with Crippen molar-refractivity contribution in [2.24, 2.45) is 11.1 Å². The molecule has 3 rings (SSSR count). The Balaban J connectivity index is 1.69. The van der Waals surface area contributed by atoms with Gasteiger partial charge in [-0.15, -0.1) is 0 Å². The van der Waals surface area contributed by atoms with Gasteiger partial charge in [-0.3, -0.25) is 4.79 Å². The van der Waals surface area contributed by atoms with E-state index in [9.17, 15) is 4.79 Å². The molecule has 1 amide bonds. The van der Waals surface area contributed by atoms with Crippen molar-refractivity contribution in [2.45, 2.75) is 25.7 Å². The number of amides is 1.